The summed E-state index contributed by atoms with van der Waals surface area (Å²) in [5.74, 6) is 2.27. The summed E-state index contributed by atoms with van der Waals surface area (Å²) < 4.78 is 28.4. The van der Waals surface area contributed by atoms with Crippen LogP contribution in [0.15, 0.2) is 36.7 Å². The number of anilines is 2. The third-order valence-electron chi connectivity index (χ3n) is 6.17. The molecule has 2 N–H and O–H groups in total. The molecule has 2 aliphatic rings. The minimum Gasteiger partial charge on any atom is -0.493 e. The van der Waals surface area contributed by atoms with Gasteiger partial charge in [0.05, 0.1) is 38.0 Å². The van der Waals surface area contributed by atoms with Gasteiger partial charge in [-0.2, -0.15) is 0 Å². The number of nitrogens with zero attached hydrogens (tertiary/aromatic N) is 2. The van der Waals surface area contributed by atoms with E-state index in [2.05, 4.69) is 15.3 Å². The lowest BCUT2D eigenvalue weighted by molar-refractivity contribution is -0.0621. The van der Waals surface area contributed by atoms with Crippen LogP contribution in [0.3, 0.4) is 0 Å². The van der Waals surface area contributed by atoms with E-state index < -0.39 is 11.7 Å². The van der Waals surface area contributed by atoms with Gasteiger partial charge in [-0.25, -0.2) is 9.97 Å². The lowest BCUT2D eigenvalue weighted by Gasteiger charge is -2.25. The molecule has 2 saturated heterocycles. The first-order valence-corrected chi connectivity index (χ1v) is 10.8. The molecule has 33 heavy (non-hydrogen) atoms. The van der Waals surface area contributed by atoms with Gasteiger partial charge in [-0.3, -0.25) is 0 Å². The van der Waals surface area contributed by atoms with E-state index >= 15 is 0 Å². The molecule has 0 bridgehead atoms. The predicted octanol–water partition coefficient (Wildman–Crippen LogP) is 3.34. The third-order valence-corrected chi connectivity index (χ3v) is 6.47. The lowest BCUT2D eigenvalue weighted by Crippen LogP contribution is -2.45. The summed E-state index contributed by atoms with van der Waals surface area (Å²) >= 11 is 6.52. The highest BCUT2D eigenvalue weighted by molar-refractivity contribution is 6.32. The number of aromatic nitrogens is 2. The van der Waals surface area contributed by atoms with Gasteiger partial charge in [-0.15, -0.1) is 0 Å². The van der Waals surface area contributed by atoms with Crippen LogP contribution in [0.25, 0.3) is 10.9 Å². The summed E-state index contributed by atoms with van der Waals surface area (Å²) in [6.45, 7) is 2.37. The van der Waals surface area contributed by atoms with E-state index in [0.717, 1.165) is 11.1 Å². The SMILES string of the molecule is COc1cc2ncnc(Nc3ccc(O[C@H]4CO[C@@]5(C)[C@@H]4OC[C@@H]5O)c(Cl)c3)c2cc1OC. The first-order chi connectivity index (χ1) is 15.9. The molecule has 10 heteroatoms. The summed E-state index contributed by atoms with van der Waals surface area (Å²) in [7, 11) is 3.16. The lowest BCUT2D eigenvalue weighted by atomic mass is 9.95. The summed E-state index contributed by atoms with van der Waals surface area (Å²) in [4.78, 5) is 8.69. The van der Waals surface area contributed by atoms with Crippen LogP contribution in [0.4, 0.5) is 11.5 Å². The monoisotopic (exact) mass is 473 g/mol. The number of hydrogen-bond donors (Lipinski definition) is 2. The highest BCUT2D eigenvalue weighted by atomic mass is 35.5. The fourth-order valence-electron chi connectivity index (χ4n) is 4.27. The number of hydrogen-bond acceptors (Lipinski definition) is 9. The number of nitrogens with one attached hydrogen (secondary N) is 1. The molecule has 2 fully saturated rings. The highest BCUT2D eigenvalue weighted by Crippen LogP contribution is 2.40. The average Bonchev–Trinajstić information content (AvgIpc) is 3.29. The number of ether oxygens (including phenoxy) is 5. The van der Waals surface area contributed by atoms with E-state index in [1.54, 1.807) is 32.4 Å². The van der Waals surface area contributed by atoms with Crippen molar-refractivity contribution in [1.29, 1.82) is 0 Å². The zero-order valence-electron chi connectivity index (χ0n) is 18.4. The maximum atomic E-state index is 10.1. The fraction of sp³-hybridized carbons (Fsp3) is 0.391. The molecule has 0 spiro atoms. The number of benzene rings is 2. The Kier molecular flexibility index (Phi) is 5.65. The van der Waals surface area contributed by atoms with E-state index in [4.69, 9.17) is 35.3 Å². The van der Waals surface area contributed by atoms with Gasteiger partial charge in [0.2, 0.25) is 0 Å². The van der Waals surface area contributed by atoms with Crippen LogP contribution in [-0.2, 0) is 9.47 Å². The van der Waals surface area contributed by atoms with Gasteiger partial charge in [0, 0.05) is 17.1 Å². The van der Waals surface area contributed by atoms with Crippen molar-refractivity contribution in [2.45, 2.75) is 30.8 Å². The van der Waals surface area contributed by atoms with Crippen LogP contribution in [-0.4, -0.2) is 66.4 Å². The zero-order valence-corrected chi connectivity index (χ0v) is 19.1. The fourth-order valence-corrected chi connectivity index (χ4v) is 4.50. The Morgan fingerprint density at radius 2 is 1.88 bits per heavy atom. The first kappa shape index (κ1) is 22.0. The number of methoxy groups -OCH3 is 2. The minimum atomic E-state index is -0.767. The Balaban J connectivity index is 1.37. The van der Waals surface area contributed by atoms with Crippen LogP contribution in [0.2, 0.25) is 5.02 Å². The molecule has 0 radical (unpaired) electrons. The van der Waals surface area contributed by atoms with Crippen molar-refractivity contribution in [1.82, 2.24) is 9.97 Å². The summed E-state index contributed by atoms with van der Waals surface area (Å²) in [5, 5.41) is 14.6. The predicted molar refractivity (Wildman–Crippen MR) is 122 cm³/mol. The Morgan fingerprint density at radius 1 is 1.09 bits per heavy atom. The normalized spacial score (nSPS) is 26.3. The number of halogens is 1. The van der Waals surface area contributed by atoms with Crippen LogP contribution >= 0.6 is 11.6 Å². The molecular weight excluding hydrogens is 450 g/mol. The van der Waals surface area contributed by atoms with Crippen molar-refractivity contribution in [2.24, 2.45) is 0 Å². The standard InChI is InChI=1S/C23H24ClN3O6/c1-23-20(28)10-31-21(23)19(9-32-23)33-16-5-4-12(6-14(16)24)27-22-13-7-17(29-2)18(30-3)8-15(13)25-11-26-22/h4-8,11,19-21,28H,9-10H2,1-3H3,(H,25,26,27)/t19-,20-,21+,23+/m0/s1. The van der Waals surface area contributed by atoms with Crippen molar-refractivity contribution in [3.8, 4) is 17.2 Å². The Morgan fingerprint density at radius 3 is 2.64 bits per heavy atom. The zero-order chi connectivity index (χ0) is 23.2. The Hall–Kier alpha value is -2.85. The molecule has 3 aromatic rings. The Bertz CT molecular complexity index is 1190. The van der Waals surface area contributed by atoms with Crippen molar-refractivity contribution in [3.05, 3.63) is 41.7 Å². The smallest absolute Gasteiger partial charge is 0.162 e. The second-order valence-electron chi connectivity index (χ2n) is 8.14. The van der Waals surface area contributed by atoms with Gasteiger partial charge in [0.1, 0.15) is 35.7 Å². The molecule has 1 aromatic heterocycles. The molecule has 0 unspecified atom stereocenters. The van der Waals surface area contributed by atoms with Crippen LogP contribution in [0.5, 0.6) is 17.2 Å². The quantitative estimate of drug-likeness (QED) is 0.557. The van der Waals surface area contributed by atoms with E-state index in [-0.39, 0.29) is 18.8 Å². The summed E-state index contributed by atoms with van der Waals surface area (Å²) in [5.41, 5.74) is 0.664. The second kappa shape index (κ2) is 8.49. The van der Waals surface area contributed by atoms with E-state index in [1.807, 2.05) is 19.1 Å². The highest BCUT2D eigenvalue weighted by Gasteiger charge is 2.57. The molecule has 174 valence electrons. The second-order valence-corrected chi connectivity index (χ2v) is 8.54. The number of fused-ring (bicyclic) bond motifs is 2. The van der Waals surface area contributed by atoms with Crippen LogP contribution < -0.4 is 19.5 Å². The van der Waals surface area contributed by atoms with Gasteiger partial charge >= 0.3 is 0 Å². The van der Waals surface area contributed by atoms with Crippen molar-refractivity contribution >= 4 is 34.0 Å². The topological polar surface area (TPSA) is 104 Å². The number of aliphatic hydroxyl groups is 1. The number of aliphatic hydroxyl groups excluding tert-OH is 1. The number of rotatable bonds is 6. The van der Waals surface area contributed by atoms with Gasteiger partial charge < -0.3 is 34.1 Å². The van der Waals surface area contributed by atoms with Crippen LogP contribution in [0.1, 0.15) is 6.92 Å². The maximum absolute atomic E-state index is 10.1. The molecule has 0 amide bonds. The summed E-state index contributed by atoms with van der Waals surface area (Å²) in [6.07, 6.45) is 0.0693. The van der Waals surface area contributed by atoms with E-state index in [1.165, 1.54) is 6.33 Å². The molecule has 2 aromatic carbocycles. The molecule has 0 saturated carbocycles. The molecule has 0 aliphatic carbocycles. The van der Waals surface area contributed by atoms with E-state index in [0.29, 0.717) is 40.2 Å². The van der Waals surface area contributed by atoms with Crippen molar-refractivity contribution in [2.75, 3.05) is 32.8 Å². The molecular formula is C23H24ClN3O6. The maximum Gasteiger partial charge on any atom is 0.162 e. The Labute approximate surface area is 195 Å². The van der Waals surface area contributed by atoms with Crippen molar-refractivity contribution < 1.29 is 28.8 Å². The van der Waals surface area contributed by atoms with Crippen molar-refractivity contribution in [3.63, 3.8) is 0 Å². The average molecular weight is 474 g/mol. The van der Waals surface area contributed by atoms with Crippen LogP contribution in [0, 0.1) is 0 Å². The van der Waals surface area contributed by atoms with E-state index in [9.17, 15) is 5.11 Å². The molecule has 9 nitrogen and oxygen atoms in total. The first-order valence-electron chi connectivity index (χ1n) is 10.5. The molecule has 5 rings (SSSR count). The largest absolute Gasteiger partial charge is 0.493 e. The molecule has 2 aliphatic heterocycles. The van der Waals surface area contributed by atoms with Gasteiger partial charge in [-0.05, 0) is 31.2 Å². The van der Waals surface area contributed by atoms with Gasteiger partial charge in [0.15, 0.2) is 17.6 Å². The third kappa shape index (κ3) is 3.80. The molecule has 4 atom stereocenters. The summed E-state index contributed by atoms with van der Waals surface area (Å²) in [6, 6.07) is 8.99. The van der Waals surface area contributed by atoms with Gasteiger partial charge in [0.25, 0.3) is 0 Å². The van der Waals surface area contributed by atoms with Gasteiger partial charge in [-0.1, -0.05) is 11.6 Å². The minimum absolute atomic E-state index is 0.223. The molecule has 3 heterocycles.